The number of carbonyl (C=O) groups excluding carboxylic acids is 2. The monoisotopic (exact) mass is 307 g/mol. The maximum Gasteiger partial charge on any atom is 0.331 e. The van der Waals surface area contributed by atoms with Crippen LogP contribution < -0.4 is 5.32 Å². The summed E-state index contributed by atoms with van der Waals surface area (Å²) in [6.07, 6.45) is 2.07. The van der Waals surface area contributed by atoms with E-state index in [4.69, 9.17) is 4.74 Å². The van der Waals surface area contributed by atoms with Crippen LogP contribution >= 0.6 is 11.8 Å². The lowest BCUT2D eigenvalue weighted by molar-refractivity contribution is -0.150. The van der Waals surface area contributed by atoms with Crippen molar-refractivity contribution in [1.82, 2.24) is 5.32 Å². The standard InChI is InChI=1S/C16H21NO3S/c1-4-9-16(2,15(19)20-3)17-14(18)13-10-11-7-5-6-8-12(11)21-13/h5-8,13H,4,9-10H2,1-3H3,(H,17,18). The first-order valence-electron chi connectivity index (χ1n) is 7.15. The summed E-state index contributed by atoms with van der Waals surface area (Å²) in [6.45, 7) is 3.71. The average molecular weight is 307 g/mol. The van der Waals surface area contributed by atoms with E-state index in [0.29, 0.717) is 12.8 Å². The molecule has 0 fully saturated rings. The molecule has 1 aliphatic heterocycles. The maximum atomic E-state index is 12.5. The van der Waals surface area contributed by atoms with Gasteiger partial charge in [-0.25, -0.2) is 4.79 Å². The summed E-state index contributed by atoms with van der Waals surface area (Å²) < 4.78 is 4.83. The van der Waals surface area contributed by atoms with Crippen molar-refractivity contribution >= 4 is 23.6 Å². The molecule has 0 aromatic heterocycles. The number of esters is 1. The SMILES string of the molecule is CCCC(C)(NC(=O)C1Cc2ccccc2S1)C(=O)OC. The van der Waals surface area contributed by atoms with Crippen molar-refractivity contribution in [2.45, 2.75) is 48.8 Å². The molecule has 0 saturated carbocycles. The molecule has 0 radical (unpaired) electrons. The number of methoxy groups -OCH3 is 1. The number of nitrogens with one attached hydrogen (secondary N) is 1. The molecule has 21 heavy (non-hydrogen) atoms. The van der Waals surface area contributed by atoms with Gasteiger partial charge < -0.3 is 10.1 Å². The average Bonchev–Trinajstić information content (AvgIpc) is 2.90. The molecule has 1 heterocycles. The maximum absolute atomic E-state index is 12.5. The number of benzene rings is 1. The fourth-order valence-corrected chi connectivity index (χ4v) is 3.82. The van der Waals surface area contributed by atoms with E-state index in [0.717, 1.165) is 11.3 Å². The highest BCUT2D eigenvalue weighted by molar-refractivity contribution is 8.01. The zero-order valence-corrected chi connectivity index (χ0v) is 13.5. The second-order valence-electron chi connectivity index (χ2n) is 5.48. The van der Waals surface area contributed by atoms with Crippen molar-refractivity contribution in [3.05, 3.63) is 29.8 Å². The molecule has 1 amide bonds. The molecule has 4 nitrogen and oxygen atoms in total. The van der Waals surface area contributed by atoms with Crippen molar-refractivity contribution in [3.63, 3.8) is 0 Å². The van der Waals surface area contributed by atoms with Crippen LogP contribution in [0.15, 0.2) is 29.2 Å². The molecule has 1 N–H and O–H groups in total. The van der Waals surface area contributed by atoms with Gasteiger partial charge in [-0.15, -0.1) is 11.8 Å². The van der Waals surface area contributed by atoms with Gasteiger partial charge in [0.25, 0.3) is 0 Å². The Balaban J connectivity index is 2.06. The third-order valence-electron chi connectivity index (χ3n) is 3.72. The quantitative estimate of drug-likeness (QED) is 0.849. The van der Waals surface area contributed by atoms with Crippen LogP contribution in [0.2, 0.25) is 0 Å². The van der Waals surface area contributed by atoms with E-state index in [1.807, 2.05) is 31.2 Å². The third-order valence-corrected chi connectivity index (χ3v) is 5.04. The summed E-state index contributed by atoms with van der Waals surface area (Å²) in [5, 5.41) is 2.71. The van der Waals surface area contributed by atoms with Crippen LogP contribution in [-0.2, 0) is 20.7 Å². The summed E-state index contributed by atoms with van der Waals surface area (Å²) in [7, 11) is 1.35. The Morgan fingerprint density at radius 2 is 2.14 bits per heavy atom. The summed E-state index contributed by atoms with van der Waals surface area (Å²) in [4.78, 5) is 25.6. The molecule has 5 heteroatoms. The normalized spacial score (nSPS) is 19.5. The lowest BCUT2D eigenvalue weighted by Gasteiger charge is -2.28. The molecule has 0 bridgehead atoms. The van der Waals surface area contributed by atoms with Gasteiger partial charge in [-0.05, 0) is 31.4 Å². The lowest BCUT2D eigenvalue weighted by atomic mass is 9.95. The molecule has 1 aromatic rings. The molecule has 1 aromatic carbocycles. The summed E-state index contributed by atoms with van der Waals surface area (Å²) in [5.41, 5.74) is 0.244. The first-order valence-corrected chi connectivity index (χ1v) is 8.03. The van der Waals surface area contributed by atoms with Crippen LogP contribution in [0.1, 0.15) is 32.3 Å². The highest BCUT2D eigenvalue weighted by Gasteiger charge is 2.38. The Hall–Kier alpha value is -1.49. The number of rotatable bonds is 5. The number of hydrogen-bond acceptors (Lipinski definition) is 4. The fraction of sp³-hybridized carbons (Fsp3) is 0.500. The van der Waals surface area contributed by atoms with Crippen LogP contribution in [-0.4, -0.2) is 29.8 Å². The van der Waals surface area contributed by atoms with Gasteiger partial charge in [0.15, 0.2) is 0 Å². The molecule has 0 aliphatic carbocycles. The number of ether oxygens (including phenoxy) is 1. The van der Waals surface area contributed by atoms with E-state index in [9.17, 15) is 9.59 Å². The largest absolute Gasteiger partial charge is 0.467 e. The molecule has 0 saturated heterocycles. The van der Waals surface area contributed by atoms with Gasteiger partial charge in [-0.2, -0.15) is 0 Å². The van der Waals surface area contributed by atoms with Gasteiger partial charge in [0, 0.05) is 4.90 Å². The minimum absolute atomic E-state index is 0.0995. The van der Waals surface area contributed by atoms with Crippen molar-refractivity contribution in [2.75, 3.05) is 7.11 Å². The molecule has 1 aliphatic rings. The molecular formula is C16H21NO3S. The van der Waals surface area contributed by atoms with Crippen LogP contribution in [0.4, 0.5) is 0 Å². The zero-order chi connectivity index (χ0) is 15.5. The van der Waals surface area contributed by atoms with Crippen molar-refractivity contribution < 1.29 is 14.3 Å². The Morgan fingerprint density at radius 3 is 2.76 bits per heavy atom. The van der Waals surface area contributed by atoms with Crippen LogP contribution in [0.3, 0.4) is 0 Å². The van der Waals surface area contributed by atoms with Gasteiger partial charge in [0.1, 0.15) is 5.54 Å². The van der Waals surface area contributed by atoms with Gasteiger partial charge >= 0.3 is 5.97 Å². The van der Waals surface area contributed by atoms with Crippen LogP contribution in [0, 0.1) is 0 Å². The molecule has 2 unspecified atom stereocenters. The topological polar surface area (TPSA) is 55.4 Å². The first-order chi connectivity index (χ1) is 10.00. The molecule has 2 rings (SSSR count). The zero-order valence-electron chi connectivity index (χ0n) is 12.6. The van der Waals surface area contributed by atoms with E-state index in [1.165, 1.54) is 12.7 Å². The third kappa shape index (κ3) is 3.40. The number of fused-ring (bicyclic) bond motifs is 1. The summed E-state index contributed by atoms with van der Waals surface area (Å²) in [6, 6.07) is 8.02. The van der Waals surface area contributed by atoms with Crippen molar-refractivity contribution in [3.8, 4) is 0 Å². The molecule has 0 spiro atoms. The Bertz CT molecular complexity index is 521. The van der Waals surface area contributed by atoms with E-state index >= 15 is 0 Å². The Labute approximate surface area is 129 Å². The van der Waals surface area contributed by atoms with E-state index in [2.05, 4.69) is 5.32 Å². The highest BCUT2D eigenvalue weighted by Crippen LogP contribution is 2.37. The predicted molar refractivity (Wildman–Crippen MR) is 83.3 cm³/mol. The van der Waals surface area contributed by atoms with Crippen LogP contribution in [0.5, 0.6) is 0 Å². The van der Waals surface area contributed by atoms with Gasteiger partial charge in [0.05, 0.1) is 12.4 Å². The highest BCUT2D eigenvalue weighted by atomic mass is 32.2. The summed E-state index contributed by atoms with van der Waals surface area (Å²) >= 11 is 1.56. The minimum Gasteiger partial charge on any atom is -0.467 e. The molecule has 2 atom stereocenters. The fourth-order valence-electron chi connectivity index (χ4n) is 2.62. The van der Waals surface area contributed by atoms with Crippen molar-refractivity contribution in [2.24, 2.45) is 0 Å². The Kier molecular flexibility index (Phi) is 4.93. The first kappa shape index (κ1) is 15.9. The predicted octanol–water partition coefficient (Wildman–Crippen LogP) is 2.55. The second kappa shape index (κ2) is 6.52. The van der Waals surface area contributed by atoms with Gasteiger partial charge in [-0.1, -0.05) is 31.5 Å². The lowest BCUT2D eigenvalue weighted by Crippen LogP contribution is -2.54. The second-order valence-corrected chi connectivity index (χ2v) is 6.73. The smallest absolute Gasteiger partial charge is 0.331 e. The number of thioether (sulfide) groups is 1. The van der Waals surface area contributed by atoms with Gasteiger partial charge in [0.2, 0.25) is 5.91 Å². The van der Waals surface area contributed by atoms with Crippen molar-refractivity contribution in [1.29, 1.82) is 0 Å². The van der Waals surface area contributed by atoms with Gasteiger partial charge in [-0.3, -0.25) is 4.79 Å². The summed E-state index contributed by atoms with van der Waals surface area (Å²) in [5.74, 6) is -0.490. The number of hydrogen-bond donors (Lipinski definition) is 1. The Morgan fingerprint density at radius 1 is 1.43 bits per heavy atom. The number of carbonyl (C=O) groups is 2. The van der Waals surface area contributed by atoms with E-state index in [1.54, 1.807) is 18.7 Å². The molecular weight excluding hydrogens is 286 g/mol. The van der Waals surface area contributed by atoms with E-state index < -0.39 is 11.5 Å². The van der Waals surface area contributed by atoms with Crippen LogP contribution in [0.25, 0.3) is 0 Å². The molecule has 114 valence electrons. The van der Waals surface area contributed by atoms with E-state index in [-0.39, 0.29) is 11.2 Å². The number of amides is 1. The minimum atomic E-state index is -0.948.